The maximum absolute atomic E-state index is 13.0. The van der Waals surface area contributed by atoms with Gasteiger partial charge in [0.25, 0.3) is 0 Å². The van der Waals surface area contributed by atoms with Crippen molar-refractivity contribution in [2.45, 2.75) is 13.0 Å². The molecule has 0 aliphatic heterocycles. The molecule has 0 amide bonds. The van der Waals surface area contributed by atoms with Crippen LogP contribution in [0.25, 0.3) is 22.6 Å². The number of benzene rings is 2. The Balaban J connectivity index is 1.29. The average Bonchev–Trinajstić information content (AvgIpc) is 3.49. The molecule has 35 heavy (non-hydrogen) atoms. The van der Waals surface area contributed by atoms with Crippen LogP contribution >= 0.6 is 0 Å². The summed E-state index contributed by atoms with van der Waals surface area (Å²) in [6.45, 7) is 1.20. The monoisotopic (exact) mass is 473 g/mol. The molecule has 2 aromatic carbocycles. The molecule has 178 valence electrons. The summed E-state index contributed by atoms with van der Waals surface area (Å²) in [4.78, 5) is 16.5. The SMILES string of the molecule is Cn1ccnc1COc1cc(OCCCOc2ccc(F)cc2)cc(-c2nc3ncccc3[nH]2)c1. The predicted octanol–water partition coefficient (Wildman–Crippen LogP) is 4.92. The summed E-state index contributed by atoms with van der Waals surface area (Å²) in [5, 5.41) is 0. The van der Waals surface area contributed by atoms with Gasteiger partial charge in [-0.15, -0.1) is 0 Å². The van der Waals surface area contributed by atoms with Gasteiger partial charge in [0.1, 0.15) is 41.3 Å². The first kappa shape index (κ1) is 22.4. The molecule has 0 aliphatic carbocycles. The third kappa shape index (κ3) is 5.57. The van der Waals surface area contributed by atoms with E-state index in [2.05, 4.69) is 19.9 Å². The van der Waals surface area contributed by atoms with Crippen LogP contribution in [-0.4, -0.2) is 37.7 Å². The smallest absolute Gasteiger partial charge is 0.178 e. The van der Waals surface area contributed by atoms with Crippen LogP contribution in [0.1, 0.15) is 12.2 Å². The molecule has 3 heterocycles. The number of aromatic amines is 1. The Morgan fingerprint density at radius 2 is 1.66 bits per heavy atom. The van der Waals surface area contributed by atoms with E-state index < -0.39 is 0 Å². The number of hydrogen-bond donors (Lipinski definition) is 1. The zero-order chi connectivity index (χ0) is 24.0. The zero-order valence-corrected chi connectivity index (χ0v) is 19.1. The fourth-order valence-corrected chi connectivity index (χ4v) is 3.51. The summed E-state index contributed by atoms with van der Waals surface area (Å²) < 4.78 is 32.6. The minimum atomic E-state index is -0.290. The van der Waals surface area contributed by atoms with Crippen LogP contribution in [0.15, 0.2) is 73.2 Å². The molecule has 9 heteroatoms. The molecule has 0 saturated heterocycles. The lowest BCUT2D eigenvalue weighted by Crippen LogP contribution is -2.06. The largest absolute Gasteiger partial charge is 0.493 e. The number of hydrogen-bond acceptors (Lipinski definition) is 6. The number of imidazole rings is 2. The predicted molar refractivity (Wildman–Crippen MR) is 129 cm³/mol. The van der Waals surface area contributed by atoms with Gasteiger partial charge in [0.2, 0.25) is 0 Å². The van der Waals surface area contributed by atoms with E-state index in [0.717, 1.165) is 16.9 Å². The van der Waals surface area contributed by atoms with Crippen molar-refractivity contribution in [3.05, 3.63) is 84.8 Å². The number of rotatable bonds is 10. The van der Waals surface area contributed by atoms with Gasteiger partial charge in [-0.25, -0.2) is 19.3 Å². The molecule has 5 aromatic rings. The first-order chi connectivity index (χ1) is 17.1. The highest BCUT2D eigenvalue weighted by Crippen LogP contribution is 2.30. The van der Waals surface area contributed by atoms with Crippen LogP contribution in [0.2, 0.25) is 0 Å². The van der Waals surface area contributed by atoms with E-state index in [9.17, 15) is 4.39 Å². The normalized spacial score (nSPS) is 11.0. The van der Waals surface area contributed by atoms with Crippen molar-refractivity contribution in [2.75, 3.05) is 13.2 Å². The first-order valence-electron chi connectivity index (χ1n) is 11.2. The third-order valence-corrected chi connectivity index (χ3v) is 5.34. The number of halogens is 1. The number of fused-ring (bicyclic) bond motifs is 1. The van der Waals surface area contributed by atoms with E-state index >= 15 is 0 Å². The van der Waals surface area contributed by atoms with Crippen molar-refractivity contribution in [1.29, 1.82) is 0 Å². The zero-order valence-electron chi connectivity index (χ0n) is 19.1. The fraction of sp³-hybridized carbons (Fsp3) is 0.192. The fourth-order valence-electron chi connectivity index (χ4n) is 3.51. The van der Waals surface area contributed by atoms with Crippen LogP contribution < -0.4 is 14.2 Å². The van der Waals surface area contributed by atoms with Gasteiger partial charge in [0.15, 0.2) is 5.65 Å². The number of ether oxygens (including phenoxy) is 3. The first-order valence-corrected chi connectivity index (χ1v) is 11.2. The molecule has 0 saturated carbocycles. The number of aryl methyl sites for hydroxylation is 1. The summed E-state index contributed by atoms with van der Waals surface area (Å²) in [5.41, 5.74) is 2.31. The lowest BCUT2D eigenvalue weighted by atomic mass is 10.2. The number of pyridine rings is 1. The number of nitrogens with one attached hydrogen (secondary N) is 1. The Hall–Kier alpha value is -4.40. The molecule has 0 fully saturated rings. The Morgan fingerprint density at radius 1 is 0.886 bits per heavy atom. The maximum atomic E-state index is 13.0. The van der Waals surface area contributed by atoms with Crippen molar-refractivity contribution in [1.82, 2.24) is 24.5 Å². The van der Waals surface area contributed by atoms with Gasteiger partial charge in [0, 0.05) is 43.7 Å². The molecule has 0 spiro atoms. The van der Waals surface area contributed by atoms with Crippen LogP contribution in [-0.2, 0) is 13.7 Å². The molecular formula is C26H24FN5O3. The van der Waals surface area contributed by atoms with Gasteiger partial charge < -0.3 is 23.8 Å². The maximum Gasteiger partial charge on any atom is 0.178 e. The second kappa shape index (κ2) is 10.3. The molecule has 0 bridgehead atoms. The molecule has 8 nitrogen and oxygen atoms in total. The summed E-state index contributed by atoms with van der Waals surface area (Å²) in [7, 11) is 1.92. The van der Waals surface area contributed by atoms with Crippen LogP contribution in [0, 0.1) is 5.82 Å². The minimum Gasteiger partial charge on any atom is -0.493 e. The van der Waals surface area contributed by atoms with Crippen LogP contribution in [0.5, 0.6) is 17.2 Å². The minimum absolute atomic E-state index is 0.290. The lowest BCUT2D eigenvalue weighted by molar-refractivity contribution is 0.245. The van der Waals surface area contributed by atoms with E-state index in [1.165, 1.54) is 12.1 Å². The molecular weight excluding hydrogens is 449 g/mol. The third-order valence-electron chi connectivity index (χ3n) is 5.34. The van der Waals surface area contributed by atoms with Crippen molar-refractivity contribution < 1.29 is 18.6 Å². The van der Waals surface area contributed by atoms with Gasteiger partial charge in [0.05, 0.1) is 18.7 Å². The second-order valence-corrected chi connectivity index (χ2v) is 7.90. The number of aromatic nitrogens is 5. The quantitative estimate of drug-likeness (QED) is 0.290. The molecule has 0 aliphatic rings. The highest BCUT2D eigenvalue weighted by atomic mass is 19.1. The Labute approximate surface area is 201 Å². The summed E-state index contributed by atoms with van der Waals surface area (Å²) in [5.74, 6) is 3.09. The van der Waals surface area contributed by atoms with Gasteiger partial charge in [-0.3, -0.25) is 0 Å². The van der Waals surface area contributed by atoms with Gasteiger partial charge in [-0.1, -0.05) is 0 Å². The van der Waals surface area contributed by atoms with Gasteiger partial charge in [-0.05, 0) is 48.5 Å². The van der Waals surface area contributed by atoms with Gasteiger partial charge >= 0.3 is 0 Å². The Morgan fingerprint density at radius 3 is 2.40 bits per heavy atom. The topological polar surface area (TPSA) is 87.1 Å². The van der Waals surface area contributed by atoms with Crippen molar-refractivity contribution in [3.63, 3.8) is 0 Å². The summed E-state index contributed by atoms with van der Waals surface area (Å²) in [6.07, 6.45) is 5.97. The van der Waals surface area contributed by atoms with E-state index in [0.29, 0.717) is 55.0 Å². The molecule has 0 atom stereocenters. The summed E-state index contributed by atoms with van der Waals surface area (Å²) in [6, 6.07) is 15.4. The Kier molecular flexibility index (Phi) is 6.56. The van der Waals surface area contributed by atoms with E-state index in [1.807, 2.05) is 48.1 Å². The van der Waals surface area contributed by atoms with Crippen molar-refractivity contribution in [3.8, 4) is 28.6 Å². The highest BCUT2D eigenvalue weighted by Gasteiger charge is 2.11. The van der Waals surface area contributed by atoms with Crippen molar-refractivity contribution >= 4 is 11.2 Å². The van der Waals surface area contributed by atoms with E-state index in [-0.39, 0.29) is 5.82 Å². The summed E-state index contributed by atoms with van der Waals surface area (Å²) >= 11 is 0. The molecule has 1 N–H and O–H groups in total. The number of H-pyrrole nitrogens is 1. The standard InChI is InChI=1S/C26H24FN5O3/c1-32-11-10-28-24(32)17-35-22-15-18(25-30-23-4-2-9-29-26(23)31-25)14-21(16-22)34-13-3-12-33-20-7-5-19(27)6-8-20/h2,4-11,14-16H,3,12-13,17H2,1H3,(H,29,30,31). The molecule has 5 rings (SSSR count). The van der Waals surface area contributed by atoms with E-state index in [4.69, 9.17) is 14.2 Å². The molecule has 3 aromatic heterocycles. The lowest BCUT2D eigenvalue weighted by Gasteiger charge is -2.12. The Bertz CT molecular complexity index is 1380. The number of nitrogens with zero attached hydrogens (tertiary/aromatic N) is 4. The molecule has 0 unspecified atom stereocenters. The van der Waals surface area contributed by atoms with Crippen molar-refractivity contribution in [2.24, 2.45) is 7.05 Å². The average molecular weight is 474 g/mol. The highest BCUT2D eigenvalue weighted by molar-refractivity contribution is 5.76. The van der Waals surface area contributed by atoms with Crippen LogP contribution in [0.4, 0.5) is 4.39 Å². The van der Waals surface area contributed by atoms with Gasteiger partial charge in [-0.2, -0.15) is 0 Å². The van der Waals surface area contributed by atoms with Crippen LogP contribution in [0.3, 0.4) is 0 Å². The molecule has 0 radical (unpaired) electrons. The second-order valence-electron chi connectivity index (χ2n) is 7.90. The van der Waals surface area contributed by atoms with E-state index in [1.54, 1.807) is 24.5 Å².